The summed E-state index contributed by atoms with van der Waals surface area (Å²) >= 11 is 4.52. The molecule has 1 aromatic heterocycles. The topological polar surface area (TPSA) is 57.6 Å². The minimum absolute atomic E-state index is 0.130. The van der Waals surface area contributed by atoms with E-state index in [-0.39, 0.29) is 11.5 Å². The SMILES string of the molecule is CC1CCN(S(=O)(=O)c2cc(CO)sc2Br)C1. The highest BCUT2D eigenvalue weighted by Crippen LogP contribution is 2.35. The van der Waals surface area contributed by atoms with Crippen LogP contribution in [0.5, 0.6) is 0 Å². The second-order valence-electron chi connectivity index (χ2n) is 4.27. The van der Waals surface area contributed by atoms with E-state index >= 15 is 0 Å². The molecular weight excluding hydrogens is 326 g/mol. The van der Waals surface area contributed by atoms with Gasteiger partial charge in [0.05, 0.1) is 10.4 Å². The standard InChI is InChI=1S/C10H14BrNO3S2/c1-7-2-3-12(5-7)17(14,15)9-4-8(6-13)16-10(9)11/h4,7,13H,2-3,5-6H2,1H3. The fraction of sp³-hybridized carbons (Fsp3) is 0.600. The lowest BCUT2D eigenvalue weighted by Crippen LogP contribution is -2.28. The van der Waals surface area contributed by atoms with E-state index in [9.17, 15) is 8.42 Å². The van der Waals surface area contributed by atoms with Gasteiger partial charge in [-0.05, 0) is 34.3 Å². The third kappa shape index (κ3) is 2.58. The molecule has 1 aromatic rings. The Balaban J connectivity index is 2.34. The van der Waals surface area contributed by atoms with Crippen molar-refractivity contribution in [2.75, 3.05) is 13.1 Å². The average molecular weight is 340 g/mol. The summed E-state index contributed by atoms with van der Waals surface area (Å²) in [6, 6.07) is 1.55. The normalized spacial score (nSPS) is 22.2. The Labute approximate surface area is 113 Å². The second kappa shape index (κ2) is 4.97. The maximum atomic E-state index is 12.4. The van der Waals surface area contributed by atoms with E-state index < -0.39 is 10.0 Å². The molecule has 1 unspecified atom stereocenters. The van der Waals surface area contributed by atoms with E-state index in [0.717, 1.165) is 6.42 Å². The summed E-state index contributed by atoms with van der Waals surface area (Å²) in [5, 5.41) is 9.03. The van der Waals surface area contributed by atoms with Crippen molar-refractivity contribution in [3.05, 3.63) is 14.7 Å². The smallest absolute Gasteiger partial charge is 0.245 e. The van der Waals surface area contributed by atoms with Crippen molar-refractivity contribution in [2.24, 2.45) is 5.92 Å². The molecule has 0 saturated carbocycles. The van der Waals surface area contributed by atoms with E-state index in [1.54, 1.807) is 6.07 Å². The van der Waals surface area contributed by atoms with Crippen LogP contribution in [0.3, 0.4) is 0 Å². The van der Waals surface area contributed by atoms with E-state index in [2.05, 4.69) is 22.9 Å². The third-order valence-corrected chi connectivity index (χ3v) is 6.97. The van der Waals surface area contributed by atoms with Crippen LogP contribution in [0.4, 0.5) is 0 Å². The Kier molecular flexibility index (Phi) is 3.94. The molecule has 1 fully saturated rings. The van der Waals surface area contributed by atoms with Crippen molar-refractivity contribution in [1.29, 1.82) is 0 Å². The Morgan fingerprint density at radius 3 is 2.82 bits per heavy atom. The number of hydrogen-bond donors (Lipinski definition) is 1. The van der Waals surface area contributed by atoms with Gasteiger partial charge in [-0.2, -0.15) is 4.31 Å². The second-order valence-corrected chi connectivity index (χ2v) is 8.63. The zero-order valence-corrected chi connectivity index (χ0v) is 12.6. The summed E-state index contributed by atoms with van der Waals surface area (Å²) < 4.78 is 26.8. The lowest BCUT2D eigenvalue weighted by molar-refractivity contribution is 0.285. The summed E-state index contributed by atoms with van der Waals surface area (Å²) in [7, 11) is -3.41. The molecule has 0 spiro atoms. The van der Waals surface area contributed by atoms with E-state index in [1.807, 2.05) is 0 Å². The minimum atomic E-state index is -3.41. The summed E-state index contributed by atoms with van der Waals surface area (Å²) in [4.78, 5) is 0.934. The number of rotatable bonds is 3. The first-order chi connectivity index (χ1) is 7.95. The van der Waals surface area contributed by atoms with Crippen molar-refractivity contribution >= 4 is 37.3 Å². The molecule has 7 heteroatoms. The zero-order chi connectivity index (χ0) is 12.6. The molecule has 96 valence electrons. The fourth-order valence-corrected chi connectivity index (χ4v) is 5.97. The third-order valence-electron chi connectivity index (χ3n) is 2.87. The van der Waals surface area contributed by atoms with Crippen LogP contribution < -0.4 is 0 Å². The van der Waals surface area contributed by atoms with Gasteiger partial charge in [0.25, 0.3) is 0 Å². The van der Waals surface area contributed by atoms with Gasteiger partial charge < -0.3 is 5.11 Å². The van der Waals surface area contributed by atoms with Gasteiger partial charge in [-0.3, -0.25) is 0 Å². The highest BCUT2D eigenvalue weighted by molar-refractivity contribution is 9.11. The van der Waals surface area contributed by atoms with Gasteiger partial charge in [-0.15, -0.1) is 11.3 Å². The largest absolute Gasteiger partial charge is 0.391 e. The van der Waals surface area contributed by atoms with Gasteiger partial charge in [0.15, 0.2) is 0 Å². The molecule has 0 aromatic carbocycles. The molecule has 4 nitrogen and oxygen atoms in total. The Morgan fingerprint density at radius 1 is 1.65 bits per heavy atom. The highest BCUT2D eigenvalue weighted by atomic mass is 79.9. The molecule has 1 atom stereocenters. The number of sulfonamides is 1. The summed E-state index contributed by atoms with van der Waals surface area (Å²) in [6.07, 6.45) is 0.911. The molecule has 1 aliphatic rings. The maximum Gasteiger partial charge on any atom is 0.245 e. The molecule has 1 saturated heterocycles. The molecule has 1 aliphatic heterocycles. The molecule has 0 bridgehead atoms. The first-order valence-corrected chi connectivity index (χ1v) is 8.39. The van der Waals surface area contributed by atoms with Crippen molar-refractivity contribution in [1.82, 2.24) is 4.31 Å². The molecule has 0 radical (unpaired) electrons. The number of aliphatic hydroxyl groups is 1. The molecular formula is C10H14BrNO3S2. The van der Waals surface area contributed by atoms with Crippen LogP contribution in [0.1, 0.15) is 18.2 Å². The van der Waals surface area contributed by atoms with Crippen LogP contribution in [-0.2, 0) is 16.6 Å². The Morgan fingerprint density at radius 2 is 2.35 bits per heavy atom. The number of halogens is 1. The Hall–Kier alpha value is 0.0500. The summed E-state index contributed by atoms with van der Waals surface area (Å²) in [5.41, 5.74) is 0. The van der Waals surface area contributed by atoms with Gasteiger partial charge in [-0.1, -0.05) is 6.92 Å². The molecule has 0 amide bonds. The maximum absolute atomic E-state index is 12.4. The summed E-state index contributed by atoms with van der Waals surface area (Å²) in [6.45, 7) is 3.09. The van der Waals surface area contributed by atoms with Gasteiger partial charge >= 0.3 is 0 Å². The predicted octanol–water partition coefficient (Wildman–Crippen LogP) is 2.03. The number of nitrogens with zero attached hydrogens (tertiary/aromatic N) is 1. The number of aliphatic hydroxyl groups excluding tert-OH is 1. The molecule has 17 heavy (non-hydrogen) atoms. The van der Waals surface area contributed by atoms with Crippen LogP contribution in [-0.4, -0.2) is 30.9 Å². The molecule has 2 heterocycles. The molecule has 0 aliphatic carbocycles. The van der Waals surface area contributed by atoms with Crippen LogP contribution >= 0.6 is 27.3 Å². The van der Waals surface area contributed by atoms with Gasteiger partial charge in [0.1, 0.15) is 4.90 Å². The lowest BCUT2D eigenvalue weighted by Gasteiger charge is -2.15. The van der Waals surface area contributed by atoms with E-state index in [1.165, 1.54) is 15.6 Å². The average Bonchev–Trinajstić information content (AvgIpc) is 2.85. The Bertz CT molecular complexity index is 512. The molecule has 2 rings (SSSR count). The minimum Gasteiger partial charge on any atom is -0.391 e. The summed E-state index contributed by atoms with van der Waals surface area (Å²) in [5.74, 6) is 0.416. The van der Waals surface area contributed by atoms with Gasteiger partial charge in [0, 0.05) is 18.0 Å². The fourth-order valence-electron chi connectivity index (χ4n) is 1.90. The lowest BCUT2D eigenvalue weighted by atomic mass is 10.2. The number of hydrogen-bond acceptors (Lipinski definition) is 4. The zero-order valence-electron chi connectivity index (χ0n) is 9.39. The van der Waals surface area contributed by atoms with E-state index in [4.69, 9.17) is 5.11 Å². The monoisotopic (exact) mass is 339 g/mol. The highest BCUT2D eigenvalue weighted by Gasteiger charge is 2.32. The van der Waals surface area contributed by atoms with Gasteiger partial charge in [0.2, 0.25) is 10.0 Å². The van der Waals surface area contributed by atoms with Gasteiger partial charge in [-0.25, -0.2) is 8.42 Å². The predicted molar refractivity (Wildman–Crippen MR) is 70.5 cm³/mol. The first-order valence-electron chi connectivity index (χ1n) is 5.34. The molecule has 1 N–H and O–H groups in total. The van der Waals surface area contributed by atoms with Crippen LogP contribution in [0, 0.1) is 5.92 Å². The van der Waals surface area contributed by atoms with Crippen molar-refractivity contribution < 1.29 is 13.5 Å². The van der Waals surface area contributed by atoms with Crippen molar-refractivity contribution in [3.63, 3.8) is 0 Å². The van der Waals surface area contributed by atoms with Crippen LogP contribution in [0.2, 0.25) is 0 Å². The van der Waals surface area contributed by atoms with Crippen LogP contribution in [0.15, 0.2) is 14.7 Å². The van der Waals surface area contributed by atoms with E-state index in [0.29, 0.717) is 27.7 Å². The number of thiophene rings is 1. The van der Waals surface area contributed by atoms with Crippen molar-refractivity contribution in [3.8, 4) is 0 Å². The first kappa shape index (κ1) is 13.5. The quantitative estimate of drug-likeness (QED) is 0.916. The van der Waals surface area contributed by atoms with Crippen molar-refractivity contribution in [2.45, 2.75) is 24.8 Å². The van der Waals surface area contributed by atoms with Crippen LogP contribution in [0.25, 0.3) is 0 Å².